The summed E-state index contributed by atoms with van der Waals surface area (Å²) in [4.78, 5) is 37.3. The van der Waals surface area contributed by atoms with Crippen LogP contribution >= 0.6 is 0 Å². The van der Waals surface area contributed by atoms with Gasteiger partial charge >= 0.3 is 12.1 Å². The third kappa shape index (κ3) is 6.37. The van der Waals surface area contributed by atoms with Crippen molar-refractivity contribution >= 4 is 18.0 Å². The van der Waals surface area contributed by atoms with E-state index in [0.29, 0.717) is 5.92 Å². The molecule has 0 aromatic rings. The molecule has 7 heteroatoms. The van der Waals surface area contributed by atoms with Crippen LogP contribution in [0.15, 0.2) is 0 Å². The standard InChI is InChI=1S/C17H30N2O5/c1-11(2)13-7-6-10-19(13)14(20)9-8-12(15(21)22)18-16(23)24-17(3,4)5/h11-13H,6-10H2,1-5H3,(H,18,23)(H,21,22)/t12-,13?/m1/s1. The minimum atomic E-state index is -1.17. The molecule has 0 spiro atoms. The van der Waals surface area contributed by atoms with Gasteiger partial charge in [-0.3, -0.25) is 4.79 Å². The van der Waals surface area contributed by atoms with Crippen LogP contribution in [0.5, 0.6) is 0 Å². The van der Waals surface area contributed by atoms with Crippen molar-refractivity contribution in [2.45, 2.75) is 78.0 Å². The molecule has 0 saturated carbocycles. The number of rotatable bonds is 6. The molecular formula is C17H30N2O5. The molecule has 138 valence electrons. The fraction of sp³-hybridized carbons (Fsp3) is 0.824. The van der Waals surface area contributed by atoms with Gasteiger partial charge in [0.2, 0.25) is 5.91 Å². The Morgan fingerprint density at radius 3 is 2.42 bits per heavy atom. The van der Waals surface area contributed by atoms with Crippen LogP contribution in [0.2, 0.25) is 0 Å². The molecule has 24 heavy (non-hydrogen) atoms. The van der Waals surface area contributed by atoms with Gasteiger partial charge in [0.15, 0.2) is 0 Å². The van der Waals surface area contributed by atoms with Gasteiger partial charge in [0.25, 0.3) is 0 Å². The van der Waals surface area contributed by atoms with Gasteiger partial charge in [0.05, 0.1) is 0 Å². The summed E-state index contributed by atoms with van der Waals surface area (Å²) in [5.41, 5.74) is -0.705. The van der Waals surface area contributed by atoms with Gasteiger partial charge in [-0.15, -0.1) is 0 Å². The molecule has 2 amide bonds. The largest absolute Gasteiger partial charge is 0.480 e. The molecular weight excluding hydrogens is 312 g/mol. The zero-order valence-electron chi connectivity index (χ0n) is 15.3. The fourth-order valence-electron chi connectivity index (χ4n) is 2.91. The van der Waals surface area contributed by atoms with Gasteiger partial charge < -0.3 is 20.1 Å². The average molecular weight is 342 g/mol. The van der Waals surface area contributed by atoms with Gasteiger partial charge in [-0.2, -0.15) is 0 Å². The highest BCUT2D eigenvalue weighted by Crippen LogP contribution is 2.24. The number of aliphatic carboxylic acids is 1. The first kappa shape index (κ1) is 20.3. The second-order valence-corrected chi connectivity index (χ2v) is 7.62. The van der Waals surface area contributed by atoms with Crippen LogP contribution in [-0.2, 0) is 14.3 Å². The Bertz CT molecular complexity index is 470. The molecule has 1 aliphatic heterocycles. The minimum absolute atomic E-state index is 0.0503. The Morgan fingerprint density at radius 1 is 1.29 bits per heavy atom. The first-order valence-corrected chi connectivity index (χ1v) is 8.53. The van der Waals surface area contributed by atoms with Crippen molar-refractivity contribution in [3.8, 4) is 0 Å². The zero-order chi connectivity index (χ0) is 18.5. The monoisotopic (exact) mass is 342 g/mol. The first-order chi connectivity index (χ1) is 11.0. The van der Waals surface area contributed by atoms with Gasteiger partial charge in [-0.05, 0) is 46.0 Å². The normalized spacial score (nSPS) is 19.2. The van der Waals surface area contributed by atoms with Crippen LogP contribution in [-0.4, -0.2) is 52.2 Å². The Hall–Kier alpha value is -1.79. The highest BCUT2D eigenvalue weighted by Gasteiger charge is 2.32. The van der Waals surface area contributed by atoms with Crippen molar-refractivity contribution in [2.24, 2.45) is 5.92 Å². The summed E-state index contributed by atoms with van der Waals surface area (Å²) < 4.78 is 5.06. The molecule has 1 rings (SSSR count). The lowest BCUT2D eigenvalue weighted by Gasteiger charge is -2.28. The summed E-state index contributed by atoms with van der Waals surface area (Å²) in [6, 6.07) is -0.913. The number of nitrogens with zero attached hydrogens (tertiary/aromatic N) is 1. The highest BCUT2D eigenvalue weighted by atomic mass is 16.6. The smallest absolute Gasteiger partial charge is 0.408 e. The number of carboxylic acid groups (broad SMARTS) is 1. The summed E-state index contributed by atoms with van der Waals surface area (Å²) in [7, 11) is 0. The SMILES string of the molecule is CC(C)C1CCCN1C(=O)CC[C@@H](NC(=O)OC(C)(C)C)C(=O)O. The Kier molecular flexibility index (Phi) is 7.05. The molecule has 2 N–H and O–H groups in total. The van der Waals surface area contributed by atoms with E-state index in [0.717, 1.165) is 19.4 Å². The predicted octanol–water partition coefficient (Wildman–Crippen LogP) is 2.39. The molecule has 7 nitrogen and oxygen atoms in total. The summed E-state index contributed by atoms with van der Waals surface area (Å²) in [5.74, 6) is -0.842. The molecule has 1 aliphatic rings. The van der Waals surface area contributed by atoms with E-state index in [4.69, 9.17) is 4.74 Å². The maximum atomic E-state index is 12.4. The summed E-state index contributed by atoms with van der Waals surface area (Å²) >= 11 is 0. The van der Waals surface area contributed by atoms with E-state index in [1.807, 2.05) is 4.90 Å². The van der Waals surface area contributed by atoms with Crippen molar-refractivity contribution in [1.82, 2.24) is 10.2 Å². The maximum Gasteiger partial charge on any atom is 0.408 e. The molecule has 0 bridgehead atoms. The van der Waals surface area contributed by atoms with Crippen molar-refractivity contribution in [3.63, 3.8) is 0 Å². The van der Waals surface area contributed by atoms with Crippen LogP contribution < -0.4 is 5.32 Å². The number of likely N-dealkylation sites (tertiary alicyclic amines) is 1. The molecule has 0 aromatic heterocycles. The van der Waals surface area contributed by atoms with E-state index in [2.05, 4.69) is 19.2 Å². The number of carbonyl (C=O) groups excluding carboxylic acids is 2. The van der Waals surface area contributed by atoms with Crippen molar-refractivity contribution in [1.29, 1.82) is 0 Å². The zero-order valence-corrected chi connectivity index (χ0v) is 15.3. The van der Waals surface area contributed by atoms with Crippen LogP contribution in [0, 0.1) is 5.92 Å². The average Bonchev–Trinajstić information content (AvgIpc) is 2.90. The van der Waals surface area contributed by atoms with E-state index in [1.54, 1.807) is 20.8 Å². The van der Waals surface area contributed by atoms with Gasteiger partial charge in [0, 0.05) is 19.0 Å². The third-order valence-corrected chi connectivity index (χ3v) is 4.03. The summed E-state index contributed by atoms with van der Waals surface area (Å²) in [5, 5.41) is 11.6. The van der Waals surface area contributed by atoms with E-state index >= 15 is 0 Å². The quantitative estimate of drug-likeness (QED) is 0.772. The van der Waals surface area contributed by atoms with Crippen LogP contribution in [0.25, 0.3) is 0 Å². The van der Waals surface area contributed by atoms with E-state index in [-0.39, 0.29) is 24.8 Å². The summed E-state index contributed by atoms with van der Waals surface area (Å²) in [6.07, 6.45) is 1.32. The van der Waals surface area contributed by atoms with Gasteiger partial charge in [-0.25, -0.2) is 9.59 Å². The first-order valence-electron chi connectivity index (χ1n) is 8.53. The lowest BCUT2D eigenvalue weighted by Crippen LogP contribution is -2.44. The Morgan fingerprint density at radius 2 is 1.92 bits per heavy atom. The van der Waals surface area contributed by atoms with E-state index in [1.165, 1.54) is 0 Å². The molecule has 1 unspecified atom stereocenters. The van der Waals surface area contributed by atoms with E-state index < -0.39 is 23.7 Å². The topological polar surface area (TPSA) is 95.9 Å². The number of carboxylic acids is 1. The lowest BCUT2D eigenvalue weighted by molar-refractivity contribution is -0.140. The molecule has 1 saturated heterocycles. The Balaban J connectivity index is 2.56. The van der Waals surface area contributed by atoms with Crippen LogP contribution in [0.3, 0.4) is 0 Å². The lowest BCUT2D eigenvalue weighted by atomic mass is 10.0. The molecule has 1 heterocycles. The molecule has 0 aromatic carbocycles. The second kappa shape index (κ2) is 8.35. The fourth-order valence-corrected chi connectivity index (χ4v) is 2.91. The van der Waals surface area contributed by atoms with Crippen molar-refractivity contribution in [2.75, 3.05) is 6.54 Å². The predicted molar refractivity (Wildman–Crippen MR) is 89.6 cm³/mol. The number of ether oxygens (including phenoxy) is 1. The number of hydrogen-bond donors (Lipinski definition) is 2. The van der Waals surface area contributed by atoms with Crippen molar-refractivity contribution < 1.29 is 24.2 Å². The number of hydrogen-bond acceptors (Lipinski definition) is 4. The molecule has 0 aliphatic carbocycles. The Labute approximate surface area is 143 Å². The number of carbonyl (C=O) groups is 3. The number of alkyl carbamates (subject to hydrolysis) is 1. The maximum absolute atomic E-state index is 12.4. The number of nitrogens with one attached hydrogen (secondary N) is 1. The number of amides is 2. The second-order valence-electron chi connectivity index (χ2n) is 7.62. The minimum Gasteiger partial charge on any atom is -0.480 e. The van der Waals surface area contributed by atoms with E-state index in [9.17, 15) is 19.5 Å². The third-order valence-electron chi connectivity index (χ3n) is 4.03. The molecule has 1 fully saturated rings. The van der Waals surface area contributed by atoms with Gasteiger partial charge in [-0.1, -0.05) is 13.8 Å². The van der Waals surface area contributed by atoms with Gasteiger partial charge in [0.1, 0.15) is 11.6 Å². The van der Waals surface area contributed by atoms with Crippen LogP contribution in [0.4, 0.5) is 4.79 Å². The highest BCUT2D eigenvalue weighted by molar-refractivity contribution is 5.82. The summed E-state index contributed by atoms with van der Waals surface area (Å²) in [6.45, 7) is 9.99. The molecule has 2 atom stereocenters. The van der Waals surface area contributed by atoms with Crippen LogP contribution in [0.1, 0.15) is 60.3 Å². The molecule has 0 radical (unpaired) electrons. The van der Waals surface area contributed by atoms with Crippen molar-refractivity contribution in [3.05, 3.63) is 0 Å².